The molecule has 15 heavy (non-hydrogen) atoms. The molecule has 0 atom stereocenters. The minimum atomic E-state index is -0.312. The molecule has 0 radical (unpaired) electrons. The molecule has 0 aliphatic carbocycles. The van der Waals surface area contributed by atoms with Gasteiger partial charge in [-0.3, -0.25) is 4.79 Å². The summed E-state index contributed by atoms with van der Waals surface area (Å²) in [5.41, 5.74) is 7.22. The van der Waals surface area contributed by atoms with Crippen molar-refractivity contribution in [2.24, 2.45) is 11.6 Å². The second kappa shape index (κ2) is 4.86. The second-order valence-corrected chi connectivity index (χ2v) is 3.69. The maximum atomic E-state index is 11.5. The molecule has 0 heterocycles. The van der Waals surface area contributed by atoms with Crippen LogP contribution in [0.2, 0.25) is 0 Å². The van der Waals surface area contributed by atoms with Crippen LogP contribution in [0.5, 0.6) is 0 Å². The molecule has 1 amide bonds. The molecule has 1 rings (SSSR count). The molecule has 0 spiro atoms. The maximum absolute atomic E-state index is 11.5. The molecule has 5 heteroatoms. The smallest absolute Gasteiger partial charge is 0.247 e. The topological polar surface area (TPSA) is 72.3 Å². The number of hydrogen-bond donors (Lipinski definition) is 2. The van der Waals surface area contributed by atoms with Crippen LogP contribution in [0.4, 0.5) is 0 Å². The number of thiocarbonyl (C=S) groups is 1. The second-order valence-electron chi connectivity index (χ2n) is 3.27. The standard InChI is InChI=1S/C10H13N3OS/c1-7-3-2-4-8(5-7)6-9(14)13(12)10(11)15/h2-5H,6,12H2,1H3,(H2,11,15). The zero-order chi connectivity index (χ0) is 11.4. The number of hydrogen-bond acceptors (Lipinski definition) is 3. The van der Waals surface area contributed by atoms with Crippen molar-refractivity contribution in [1.29, 1.82) is 0 Å². The van der Waals surface area contributed by atoms with Gasteiger partial charge < -0.3 is 5.73 Å². The molecular formula is C10H13N3OS. The average Bonchev–Trinajstić information content (AvgIpc) is 2.16. The van der Waals surface area contributed by atoms with Crippen molar-refractivity contribution < 1.29 is 4.79 Å². The lowest BCUT2D eigenvalue weighted by atomic mass is 10.1. The Hall–Kier alpha value is -1.46. The normalized spacial score (nSPS) is 9.73. The first-order valence-electron chi connectivity index (χ1n) is 4.43. The van der Waals surface area contributed by atoms with Gasteiger partial charge in [-0.2, -0.15) is 0 Å². The number of amides is 1. The van der Waals surface area contributed by atoms with E-state index in [1.807, 2.05) is 31.2 Å². The number of nitrogens with zero attached hydrogens (tertiary/aromatic N) is 1. The van der Waals surface area contributed by atoms with Gasteiger partial charge in [0.2, 0.25) is 5.91 Å². The highest BCUT2D eigenvalue weighted by molar-refractivity contribution is 7.80. The van der Waals surface area contributed by atoms with Gasteiger partial charge in [0.15, 0.2) is 5.11 Å². The number of carbonyl (C=O) groups is 1. The fraction of sp³-hybridized carbons (Fsp3) is 0.200. The van der Waals surface area contributed by atoms with E-state index in [-0.39, 0.29) is 17.4 Å². The Labute approximate surface area is 93.8 Å². The van der Waals surface area contributed by atoms with E-state index in [4.69, 9.17) is 11.6 Å². The van der Waals surface area contributed by atoms with E-state index in [2.05, 4.69) is 12.2 Å². The Kier molecular flexibility index (Phi) is 3.76. The van der Waals surface area contributed by atoms with E-state index in [1.165, 1.54) is 0 Å². The highest BCUT2D eigenvalue weighted by Crippen LogP contribution is 2.05. The molecule has 0 unspecified atom stereocenters. The molecule has 0 aliphatic rings. The van der Waals surface area contributed by atoms with Crippen molar-refractivity contribution >= 4 is 23.2 Å². The predicted octanol–water partition coefficient (Wildman–Crippen LogP) is 0.483. The lowest BCUT2D eigenvalue weighted by Crippen LogP contribution is -2.46. The molecule has 1 aromatic carbocycles. The van der Waals surface area contributed by atoms with Crippen molar-refractivity contribution in [3.05, 3.63) is 35.4 Å². The van der Waals surface area contributed by atoms with E-state index < -0.39 is 0 Å². The SMILES string of the molecule is Cc1cccc(CC(=O)N(N)C(N)=S)c1. The third kappa shape index (κ3) is 3.30. The van der Waals surface area contributed by atoms with Crippen LogP contribution in [0, 0.1) is 6.92 Å². The van der Waals surface area contributed by atoms with Gasteiger partial charge in [-0.25, -0.2) is 10.9 Å². The molecule has 0 saturated heterocycles. The molecule has 0 saturated carbocycles. The van der Waals surface area contributed by atoms with Crippen molar-refractivity contribution in [3.63, 3.8) is 0 Å². The van der Waals surface area contributed by atoms with Crippen molar-refractivity contribution in [2.45, 2.75) is 13.3 Å². The first kappa shape index (κ1) is 11.6. The monoisotopic (exact) mass is 223 g/mol. The van der Waals surface area contributed by atoms with E-state index in [1.54, 1.807) is 0 Å². The summed E-state index contributed by atoms with van der Waals surface area (Å²) in [7, 11) is 0. The summed E-state index contributed by atoms with van der Waals surface area (Å²) >= 11 is 4.59. The molecule has 4 N–H and O–H groups in total. The van der Waals surface area contributed by atoms with Gasteiger partial charge in [-0.05, 0) is 24.7 Å². The minimum Gasteiger partial charge on any atom is -0.375 e. The van der Waals surface area contributed by atoms with Crippen LogP contribution in [0.25, 0.3) is 0 Å². The molecule has 0 aliphatic heterocycles. The Morgan fingerprint density at radius 3 is 2.73 bits per heavy atom. The van der Waals surface area contributed by atoms with Crippen molar-refractivity contribution in [1.82, 2.24) is 5.01 Å². The van der Waals surface area contributed by atoms with Crippen LogP contribution < -0.4 is 11.6 Å². The summed E-state index contributed by atoms with van der Waals surface area (Å²) in [6.07, 6.45) is 0.204. The fourth-order valence-electron chi connectivity index (χ4n) is 1.20. The van der Waals surface area contributed by atoms with Gasteiger partial charge in [0.25, 0.3) is 0 Å². The summed E-state index contributed by atoms with van der Waals surface area (Å²) < 4.78 is 0. The van der Waals surface area contributed by atoms with Crippen LogP contribution in [0.3, 0.4) is 0 Å². The third-order valence-electron chi connectivity index (χ3n) is 1.94. The van der Waals surface area contributed by atoms with E-state index in [0.717, 1.165) is 16.1 Å². The number of benzene rings is 1. The first-order chi connectivity index (χ1) is 7.00. The number of rotatable bonds is 2. The van der Waals surface area contributed by atoms with Gasteiger partial charge in [-0.15, -0.1) is 0 Å². The van der Waals surface area contributed by atoms with Crippen LogP contribution in [0.1, 0.15) is 11.1 Å². The Bertz CT molecular complexity index is 392. The van der Waals surface area contributed by atoms with E-state index >= 15 is 0 Å². The fourth-order valence-corrected chi connectivity index (χ4v) is 1.31. The van der Waals surface area contributed by atoms with Crippen LogP contribution in [0.15, 0.2) is 24.3 Å². The first-order valence-corrected chi connectivity index (χ1v) is 4.84. The number of carbonyl (C=O) groups excluding carboxylic acids is 1. The van der Waals surface area contributed by atoms with Gasteiger partial charge in [-0.1, -0.05) is 29.8 Å². The van der Waals surface area contributed by atoms with E-state index in [9.17, 15) is 4.79 Å². The van der Waals surface area contributed by atoms with Gasteiger partial charge in [0.05, 0.1) is 6.42 Å². The quantitative estimate of drug-likeness (QED) is 0.331. The summed E-state index contributed by atoms with van der Waals surface area (Å²) in [5, 5.41) is 0.671. The van der Waals surface area contributed by atoms with Crippen molar-refractivity contribution in [3.8, 4) is 0 Å². The Balaban J connectivity index is 2.70. The summed E-state index contributed by atoms with van der Waals surface area (Å²) in [4.78, 5) is 11.5. The molecule has 1 aromatic rings. The summed E-state index contributed by atoms with van der Waals surface area (Å²) in [5.74, 6) is 5.05. The third-order valence-corrected chi connectivity index (χ3v) is 2.14. The zero-order valence-electron chi connectivity index (χ0n) is 8.43. The number of nitrogens with two attached hydrogens (primary N) is 2. The molecular weight excluding hydrogens is 210 g/mol. The number of hydrazine groups is 1. The highest BCUT2D eigenvalue weighted by Gasteiger charge is 2.12. The highest BCUT2D eigenvalue weighted by atomic mass is 32.1. The van der Waals surface area contributed by atoms with Crippen LogP contribution in [-0.4, -0.2) is 16.0 Å². The predicted molar refractivity (Wildman–Crippen MR) is 62.7 cm³/mol. The lowest BCUT2D eigenvalue weighted by molar-refractivity contribution is -0.126. The minimum absolute atomic E-state index is 0.118. The lowest BCUT2D eigenvalue weighted by Gasteiger charge is -2.13. The summed E-state index contributed by atoms with van der Waals surface area (Å²) in [6, 6.07) is 7.63. The Morgan fingerprint density at radius 2 is 2.20 bits per heavy atom. The van der Waals surface area contributed by atoms with Crippen LogP contribution >= 0.6 is 12.2 Å². The molecule has 4 nitrogen and oxygen atoms in total. The number of aryl methyl sites for hydroxylation is 1. The van der Waals surface area contributed by atoms with Crippen molar-refractivity contribution in [2.75, 3.05) is 0 Å². The molecule has 80 valence electrons. The maximum Gasteiger partial charge on any atom is 0.247 e. The van der Waals surface area contributed by atoms with Gasteiger partial charge in [0, 0.05) is 0 Å². The van der Waals surface area contributed by atoms with E-state index in [0.29, 0.717) is 0 Å². The van der Waals surface area contributed by atoms with Gasteiger partial charge in [0.1, 0.15) is 0 Å². The van der Waals surface area contributed by atoms with Gasteiger partial charge >= 0.3 is 0 Å². The molecule has 0 bridgehead atoms. The molecule has 0 fully saturated rings. The zero-order valence-corrected chi connectivity index (χ0v) is 9.25. The summed E-state index contributed by atoms with van der Waals surface area (Å²) in [6.45, 7) is 1.96. The Morgan fingerprint density at radius 1 is 1.53 bits per heavy atom. The molecule has 0 aromatic heterocycles. The largest absolute Gasteiger partial charge is 0.375 e. The van der Waals surface area contributed by atoms with Crippen LogP contribution in [-0.2, 0) is 11.2 Å². The average molecular weight is 223 g/mol.